The number of hydrogen-bond donors (Lipinski definition) is 1. The van der Waals surface area contributed by atoms with E-state index in [0.29, 0.717) is 15.6 Å². The molecule has 2 aromatic carbocycles. The van der Waals surface area contributed by atoms with Crippen LogP contribution in [0, 0.1) is 11.6 Å². The van der Waals surface area contributed by atoms with Crippen LogP contribution >= 0.6 is 23.4 Å². The van der Waals surface area contributed by atoms with Crippen LogP contribution in [0.5, 0.6) is 0 Å². The highest BCUT2D eigenvalue weighted by atomic mass is 35.5. The van der Waals surface area contributed by atoms with E-state index in [9.17, 15) is 8.78 Å². The first-order chi connectivity index (χ1) is 8.06. The molecule has 2 aromatic rings. The van der Waals surface area contributed by atoms with Crippen molar-refractivity contribution in [1.29, 1.82) is 0 Å². The van der Waals surface area contributed by atoms with Gasteiger partial charge in [-0.25, -0.2) is 8.78 Å². The first-order valence-corrected chi connectivity index (χ1v) is 5.93. The molecule has 0 saturated carbocycles. The van der Waals surface area contributed by atoms with Crippen LogP contribution in [0.3, 0.4) is 0 Å². The molecule has 0 saturated heterocycles. The minimum absolute atomic E-state index is 0.191. The molecule has 0 amide bonds. The molecule has 0 aliphatic heterocycles. The zero-order valence-electron chi connectivity index (χ0n) is 8.58. The number of halogens is 3. The van der Waals surface area contributed by atoms with Crippen molar-refractivity contribution >= 4 is 29.1 Å². The fraction of sp³-hybridized carbons (Fsp3) is 0. The molecule has 88 valence electrons. The van der Waals surface area contributed by atoms with Crippen molar-refractivity contribution < 1.29 is 8.78 Å². The normalized spacial score (nSPS) is 10.5. The summed E-state index contributed by atoms with van der Waals surface area (Å²) in [6.07, 6.45) is 0. The van der Waals surface area contributed by atoms with Gasteiger partial charge in [-0.1, -0.05) is 23.4 Å². The van der Waals surface area contributed by atoms with Gasteiger partial charge in [0.15, 0.2) is 0 Å². The maximum Gasteiger partial charge on any atom is 0.137 e. The smallest absolute Gasteiger partial charge is 0.137 e. The lowest BCUT2D eigenvalue weighted by atomic mass is 10.3. The Balaban J connectivity index is 2.34. The number of anilines is 1. The standard InChI is InChI=1S/C12H8ClF2NS/c13-9-6-8(16)2-4-11(9)17-12-5-7(14)1-3-10(12)15/h1-6H,16H2. The Morgan fingerprint density at radius 3 is 2.47 bits per heavy atom. The third-order valence-corrected chi connectivity index (χ3v) is 3.60. The van der Waals surface area contributed by atoms with Crippen LogP contribution in [0.4, 0.5) is 14.5 Å². The van der Waals surface area contributed by atoms with Gasteiger partial charge >= 0.3 is 0 Å². The number of benzene rings is 2. The van der Waals surface area contributed by atoms with Crippen molar-refractivity contribution in [2.45, 2.75) is 9.79 Å². The molecule has 0 unspecified atom stereocenters. The van der Waals surface area contributed by atoms with E-state index >= 15 is 0 Å². The molecular formula is C12H8ClF2NS. The fourth-order valence-corrected chi connectivity index (χ4v) is 2.44. The SMILES string of the molecule is Nc1ccc(Sc2cc(F)ccc2F)c(Cl)c1. The summed E-state index contributed by atoms with van der Waals surface area (Å²) in [6.45, 7) is 0. The Morgan fingerprint density at radius 2 is 1.76 bits per heavy atom. The van der Waals surface area contributed by atoms with Gasteiger partial charge in [-0.3, -0.25) is 0 Å². The van der Waals surface area contributed by atoms with Crippen molar-refractivity contribution in [3.63, 3.8) is 0 Å². The van der Waals surface area contributed by atoms with E-state index in [1.807, 2.05) is 0 Å². The molecule has 0 aromatic heterocycles. The second-order valence-corrected chi connectivity index (χ2v) is 4.86. The second-order valence-electron chi connectivity index (χ2n) is 3.37. The van der Waals surface area contributed by atoms with Gasteiger partial charge in [-0.2, -0.15) is 0 Å². The zero-order valence-corrected chi connectivity index (χ0v) is 10.2. The summed E-state index contributed by atoms with van der Waals surface area (Å²) in [5.41, 5.74) is 6.07. The van der Waals surface area contributed by atoms with Gasteiger partial charge < -0.3 is 5.73 Å². The van der Waals surface area contributed by atoms with E-state index in [1.54, 1.807) is 18.2 Å². The lowest BCUT2D eigenvalue weighted by Gasteiger charge is -2.06. The summed E-state index contributed by atoms with van der Waals surface area (Å²) in [5, 5.41) is 0.415. The van der Waals surface area contributed by atoms with E-state index in [4.69, 9.17) is 17.3 Å². The summed E-state index contributed by atoms with van der Waals surface area (Å²) < 4.78 is 26.4. The molecule has 0 atom stereocenters. The highest BCUT2D eigenvalue weighted by Gasteiger charge is 2.08. The third kappa shape index (κ3) is 2.90. The monoisotopic (exact) mass is 271 g/mol. The predicted molar refractivity (Wildman–Crippen MR) is 66.3 cm³/mol. The van der Waals surface area contributed by atoms with Gasteiger partial charge in [-0.05, 0) is 36.4 Å². The minimum Gasteiger partial charge on any atom is -0.399 e. The Hall–Kier alpha value is -1.26. The largest absolute Gasteiger partial charge is 0.399 e. The molecule has 2 rings (SSSR count). The summed E-state index contributed by atoms with van der Waals surface area (Å²) in [7, 11) is 0. The summed E-state index contributed by atoms with van der Waals surface area (Å²) >= 11 is 7.02. The van der Waals surface area contributed by atoms with Crippen LogP contribution in [0.15, 0.2) is 46.2 Å². The molecule has 0 heterocycles. The molecule has 2 N–H and O–H groups in total. The molecule has 0 aliphatic rings. The molecule has 1 nitrogen and oxygen atoms in total. The quantitative estimate of drug-likeness (QED) is 0.822. The van der Waals surface area contributed by atoms with Gasteiger partial charge in [-0.15, -0.1) is 0 Å². The molecule has 0 fully saturated rings. The number of rotatable bonds is 2. The molecule has 0 aliphatic carbocycles. The van der Waals surface area contributed by atoms with Gasteiger partial charge in [0.05, 0.1) is 9.92 Å². The Kier molecular flexibility index (Phi) is 3.54. The summed E-state index contributed by atoms with van der Waals surface area (Å²) in [4.78, 5) is 0.821. The Morgan fingerprint density at radius 1 is 1.00 bits per heavy atom. The van der Waals surface area contributed by atoms with E-state index in [-0.39, 0.29) is 4.90 Å². The number of nitrogen functional groups attached to an aromatic ring is 1. The Labute approximate surface area is 107 Å². The maximum absolute atomic E-state index is 13.4. The second kappa shape index (κ2) is 4.94. The molecule has 17 heavy (non-hydrogen) atoms. The van der Waals surface area contributed by atoms with Crippen LogP contribution in [0.25, 0.3) is 0 Å². The summed E-state index contributed by atoms with van der Waals surface area (Å²) in [5.74, 6) is -0.968. The lowest BCUT2D eigenvalue weighted by molar-refractivity contribution is 0.577. The molecule has 0 bridgehead atoms. The van der Waals surface area contributed by atoms with Gasteiger partial charge in [0.25, 0.3) is 0 Å². The highest BCUT2D eigenvalue weighted by molar-refractivity contribution is 7.99. The van der Waals surface area contributed by atoms with E-state index in [1.165, 1.54) is 0 Å². The average Bonchev–Trinajstić information content (AvgIpc) is 2.27. The van der Waals surface area contributed by atoms with Crippen molar-refractivity contribution in [1.82, 2.24) is 0 Å². The molecule has 0 spiro atoms. The zero-order chi connectivity index (χ0) is 12.4. The van der Waals surface area contributed by atoms with Gasteiger partial charge in [0, 0.05) is 10.6 Å². The lowest BCUT2D eigenvalue weighted by Crippen LogP contribution is -1.86. The van der Waals surface area contributed by atoms with Gasteiger partial charge in [0.2, 0.25) is 0 Å². The van der Waals surface area contributed by atoms with Crippen LogP contribution in [-0.2, 0) is 0 Å². The maximum atomic E-state index is 13.4. The fourth-order valence-electron chi connectivity index (χ4n) is 1.27. The summed E-state index contributed by atoms with van der Waals surface area (Å²) in [6, 6.07) is 8.19. The number of nitrogens with two attached hydrogens (primary N) is 1. The van der Waals surface area contributed by atoms with Crippen molar-refractivity contribution in [2.75, 3.05) is 5.73 Å². The first kappa shape index (κ1) is 12.2. The average molecular weight is 272 g/mol. The van der Waals surface area contributed by atoms with Crippen molar-refractivity contribution in [3.8, 4) is 0 Å². The molecule has 0 radical (unpaired) electrons. The van der Waals surface area contributed by atoms with Crippen LogP contribution < -0.4 is 5.73 Å². The molecule has 5 heteroatoms. The minimum atomic E-state index is -0.486. The van der Waals surface area contributed by atoms with E-state index in [0.717, 1.165) is 30.0 Å². The highest BCUT2D eigenvalue weighted by Crippen LogP contribution is 2.35. The van der Waals surface area contributed by atoms with E-state index < -0.39 is 11.6 Å². The van der Waals surface area contributed by atoms with Crippen LogP contribution in [0.2, 0.25) is 5.02 Å². The van der Waals surface area contributed by atoms with Crippen LogP contribution in [0.1, 0.15) is 0 Å². The number of hydrogen-bond acceptors (Lipinski definition) is 2. The first-order valence-electron chi connectivity index (χ1n) is 4.74. The van der Waals surface area contributed by atoms with Crippen molar-refractivity contribution in [2.24, 2.45) is 0 Å². The predicted octanol–water partition coefficient (Wildman–Crippen LogP) is 4.35. The van der Waals surface area contributed by atoms with Crippen molar-refractivity contribution in [3.05, 3.63) is 53.1 Å². The van der Waals surface area contributed by atoms with E-state index in [2.05, 4.69) is 0 Å². The third-order valence-electron chi connectivity index (χ3n) is 2.07. The van der Waals surface area contributed by atoms with Crippen LogP contribution in [-0.4, -0.2) is 0 Å². The molecular weight excluding hydrogens is 264 g/mol. The van der Waals surface area contributed by atoms with Gasteiger partial charge in [0.1, 0.15) is 11.6 Å². The Bertz CT molecular complexity index is 560. The topological polar surface area (TPSA) is 26.0 Å².